The van der Waals surface area contributed by atoms with E-state index in [2.05, 4.69) is 10.1 Å². The molecule has 0 aliphatic carbocycles. The van der Waals surface area contributed by atoms with Gasteiger partial charge < -0.3 is 15.8 Å². The molecule has 1 aromatic heterocycles. The Morgan fingerprint density at radius 2 is 2.28 bits per heavy atom. The summed E-state index contributed by atoms with van der Waals surface area (Å²) in [5, 5.41) is 4.68. The third-order valence-electron chi connectivity index (χ3n) is 2.58. The molecule has 0 radical (unpaired) electrons. The lowest BCUT2D eigenvalue weighted by Crippen LogP contribution is -2.42. The van der Waals surface area contributed by atoms with Crippen molar-refractivity contribution in [2.75, 3.05) is 7.11 Å². The minimum atomic E-state index is -0.551. The van der Waals surface area contributed by atoms with Crippen LogP contribution < -0.4 is 11.1 Å². The first-order valence-corrected chi connectivity index (χ1v) is 6.62. The van der Waals surface area contributed by atoms with Gasteiger partial charge in [-0.1, -0.05) is 13.0 Å². The average molecular weight is 270 g/mol. The van der Waals surface area contributed by atoms with E-state index < -0.39 is 6.04 Å². The van der Waals surface area contributed by atoms with Gasteiger partial charge in [-0.25, -0.2) is 0 Å². The van der Waals surface area contributed by atoms with E-state index in [0.717, 1.165) is 4.88 Å². The highest BCUT2D eigenvalue weighted by Crippen LogP contribution is 2.22. The summed E-state index contributed by atoms with van der Waals surface area (Å²) in [4.78, 5) is 24.0. The summed E-state index contributed by atoms with van der Waals surface area (Å²) in [6, 6.07) is 2.82. The molecule has 0 bridgehead atoms. The van der Waals surface area contributed by atoms with Crippen LogP contribution in [0.1, 0.15) is 30.7 Å². The van der Waals surface area contributed by atoms with Crippen molar-refractivity contribution >= 4 is 23.2 Å². The topological polar surface area (TPSA) is 81.4 Å². The molecule has 5 nitrogen and oxygen atoms in total. The number of thiophene rings is 1. The van der Waals surface area contributed by atoms with Crippen molar-refractivity contribution in [3.05, 3.63) is 22.4 Å². The van der Waals surface area contributed by atoms with E-state index in [9.17, 15) is 9.59 Å². The van der Waals surface area contributed by atoms with E-state index in [-0.39, 0.29) is 24.3 Å². The van der Waals surface area contributed by atoms with Crippen LogP contribution in [0.3, 0.4) is 0 Å². The fourth-order valence-corrected chi connectivity index (χ4v) is 2.20. The Hall–Kier alpha value is -1.40. The van der Waals surface area contributed by atoms with Crippen molar-refractivity contribution in [3.8, 4) is 0 Å². The summed E-state index contributed by atoms with van der Waals surface area (Å²) in [6.07, 6.45) is 0.667. The van der Waals surface area contributed by atoms with Crippen molar-refractivity contribution in [3.63, 3.8) is 0 Å². The fraction of sp³-hybridized carbons (Fsp3) is 0.500. The SMILES string of the molecule is CC[C@H](N)C(=O)NC(CC(=O)OC)c1cccs1. The zero-order valence-corrected chi connectivity index (χ0v) is 11.3. The summed E-state index contributed by atoms with van der Waals surface area (Å²) < 4.78 is 4.63. The fourth-order valence-electron chi connectivity index (χ4n) is 1.43. The quantitative estimate of drug-likeness (QED) is 0.761. The van der Waals surface area contributed by atoms with Gasteiger partial charge in [0.05, 0.1) is 25.6 Å². The second-order valence-electron chi connectivity index (χ2n) is 3.87. The first-order valence-electron chi connectivity index (χ1n) is 5.74. The molecule has 1 rings (SSSR count). The van der Waals surface area contributed by atoms with Crippen LogP contribution in [0.4, 0.5) is 0 Å². The number of hydrogen-bond acceptors (Lipinski definition) is 5. The number of methoxy groups -OCH3 is 1. The lowest BCUT2D eigenvalue weighted by atomic mass is 10.1. The molecule has 1 aromatic rings. The molecule has 1 unspecified atom stereocenters. The third-order valence-corrected chi connectivity index (χ3v) is 3.56. The Morgan fingerprint density at radius 3 is 2.78 bits per heavy atom. The van der Waals surface area contributed by atoms with E-state index in [4.69, 9.17) is 5.73 Å². The Labute approximate surface area is 110 Å². The van der Waals surface area contributed by atoms with Crippen LogP contribution in [-0.2, 0) is 14.3 Å². The largest absolute Gasteiger partial charge is 0.469 e. The van der Waals surface area contributed by atoms with Crippen molar-refractivity contribution in [2.24, 2.45) is 5.73 Å². The monoisotopic (exact) mass is 270 g/mol. The summed E-state index contributed by atoms with van der Waals surface area (Å²) in [5.74, 6) is -0.612. The van der Waals surface area contributed by atoms with Crippen molar-refractivity contribution in [1.29, 1.82) is 0 Å². The maximum absolute atomic E-state index is 11.8. The second-order valence-corrected chi connectivity index (χ2v) is 4.85. The number of carbonyl (C=O) groups excluding carboxylic acids is 2. The van der Waals surface area contributed by atoms with Crippen LogP contribution in [0.15, 0.2) is 17.5 Å². The number of carbonyl (C=O) groups is 2. The summed E-state index contributed by atoms with van der Waals surface area (Å²) in [5.41, 5.74) is 5.66. The van der Waals surface area contributed by atoms with E-state index in [1.165, 1.54) is 18.4 Å². The van der Waals surface area contributed by atoms with Gasteiger partial charge in [-0.3, -0.25) is 9.59 Å². The zero-order valence-electron chi connectivity index (χ0n) is 10.5. The molecule has 1 heterocycles. The van der Waals surface area contributed by atoms with Gasteiger partial charge in [0.2, 0.25) is 5.91 Å². The standard InChI is InChI=1S/C12H18N2O3S/c1-3-8(13)12(16)14-9(7-11(15)17-2)10-5-4-6-18-10/h4-6,8-9H,3,7,13H2,1-2H3,(H,14,16)/t8-,9?/m0/s1. The molecule has 0 aliphatic rings. The highest BCUT2D eigenvalue weighted by molar-refractivity contribution is 7.10. The van der Waals surface area contributed by atoms with Gasteiger partial charge in [-0.05, 0) is 17.9 Å². The number of hydrogen-bond donors (Lipinski definition) is 2. The number of nitrogens with one attached hydrogen (secondary N) is 1. The smallest absolute Gasteiger partial charge is 0.307 e. The molecule has 18 heavy (non-hydrogen) atoms. The summed E-state index contributed by atoms with van der Waals surface area (Å²) >= 11 is 1.48. The van der Waals surface area contributed by atoms with Crippen molar-refractivity contribution in [2.45, 2.75) is 31.8 Å². The highest BCUT2D eigenvalue weighted by atomic mass is 32.1. The lowest BCUT2D eigenvalue weighted by Gasteiger charge is -2.18. The zero-order chi connectivity index (χ0) is 13.5. The van der Waals surface area contributed by atoms with E-state index in [0.29, 0.717) is 6.42 Å². The Kier molecular flexibility index (Phi) is 5.80. The lowest BCUT2D eigenvalue weighted by molar-refractivity contribution is -0.141. The molecule has 100 valence electrons. The van der Waals surface area contributed by atoms with Gasteiger partial charge in [0, 0.05) is 4.88 Å². The van der Waals surface area contributed by atoms with Crippen LogP contribution in [0.5, 0.6) is 0 Å². The van der Waals surface area contributed by atoms with Gasteiger partial charge in [0.25, 0.3) is 0 Å². The average Bonchev–Trinajstić information content (AvgIpc) is 2.90. The van der Waals surface area contributed by atoms with Gasteiger partial charge in [-0.2, -0.15) is 0 Å². The molecule has 0 fully saturated rings. The number of nitrogens with two attached hydrogens (primary N) is 1. The minimum Gasteiger partial charge on any atom is -0.469 e. The highest BCUT2D eigenvalue weighted by Gasteiger charge is 2.21. The van der Waals surface area contributed by atoms with Gasteiger partial charge in [0.15, 0.2) is 0 Å². The molecule has 1 amide bonds. The maximum Gasteiger partial charge on any atom is 0.307 e. The molecule has 0 saturated carbocycles. The Morgan fingerprint density at radius 1 is 1.56 bits per heavy atom. The van der Waals surface area contributed by atoms with Gasteiger partial charge in [0.1, 0.15) is 0 Å². The predicted molar refractivity (Wildman–Crippen MR) is 70.1 cm³/mol. The van der Waals surface area contributed by atoms with Gasteiger partial charge in [-0.15, -0.1) is 11.3 Å². The number of esters is 1. The molecule has 0 aromatic carbocycles. The molecule has 2 atom stereocenters. The molecule has 6 heteroatoms. The maximum atomic E-state index is 11.8. The van der Waals surface area contributed by atoms with Crippen LogP contribution >= 0.6 is 11.3 Å². The molecular formula is C12H18N2O3S. The van der Waals surface area contributed by atoms with E-state index in [1.807, 2.05) is 24.4 Å². The first kappa shape index (κ1) is 14.7. The third kappa shape index (κ3) is 4.12. The summed E-state index contributed by atoms with van der Waals surface area (Å²) in [7, 11) is 1.33. The van der Waals surface area contributed by atoms with Crippen LogP contribution in [0.25, 0.3) is 0 Å². The van der Waals surface area contributed by atoms with Crippen molar-refractivity contribution < 1.29 is 14.3 Å². The molecule has 0 aliphatic heterocycles. The van der Waals surface area contributed by atoms with Crippen LogP contribution in [-0.4, -0.2) is 25.0 Å². The predicted octanol–water partition coefficient (Wildman–Crippen LogP) is 1.21. The minimum absolute atomic E-state index is 0.110. The Bertz CT molecular complexity index is 392. The number of rotatable bonds is 6. The molecule has 0 saturated heterocycles. The molecular weight excluding hydrogens is 252 g/mol. The van der Waals surface area contributed by atoms with Gasteiger partial charge >= 0.3 is 5.97 Å². The second kappa shape index (κ2) is 7.13. The molecule has 3 N–H and O–H groups in total. The van der Waals surface area contributed by atoms with Crippen molar-refractivity contribution in [1.82, 2.24) is 5.32 Å². The normalized spacial score (nSPS) is 13.7. The van der Waals surface area contributed by atoms with Crippen LogP contribution in [0.2, 0.25) is 0 Å². The first-order chi connectivity index (χ1) is 8.58. The van der Waals surface area contributed by atoms with Crippen LogP contribution in [0, 0.1) is 0 Å². The number of ether oxygens (including phenoxy) is 1. The molecule has 0 spiro atoms. The summed E-state index contributed by atoms with van der Waals surface area (Å²) in [6.45, 7) is 1.84. The van der Waals surface area contributed by atoms with E-state index in [1.54, 1.807) is 0 Å². The van der Waals surface area contributed by atoms with E-state index >= 15 is 0 Å². The Balaban J connectivity index is 2.72. The number of amides is 1.